The standard InChI is InChI=1S/C27H25N5O2/c1-19-6-4-7-20(14-19)15-25(33)28-12-13-32-26-24(16-30-32)27(34)31(18-29-26)17-22-10-5-9-21-8-2-3-11-23(21)22/h2-11,14,16,18H,12-13,15,17H2,1H3,(H,28,33). The van der Waals surface area contributed by atoms with Gasteiger partial charge in [0.1, 0.15) is 11.7 Å². The molecule has 0 aliphatic rings. The third-order valence-corrected chi connectivity index (χ3v) is 5.94. The lowest BCUT2D eigenvalue weighted by atomic mass is 10.0. The van der Waals surface area contributed by atoms with Crippen molar-refractivity contribution >= 4 is 27.7 Å². The Labute approximate surface area is 196 Å². The van der Waals surface area contributed by atoms with Gasteiger partial charge in [-0.25, -0.2) is 9.67 Å². The van der Waals surface area contributed by atoms with Crippen molar-refractivity contribution in [3.63, 3.8) is 0 Å². The molecule has 1 N–H and O–H groups in total. The van der Waals surface area contributed by atoms with Crippen molar-refractivity contribution in [2.24, 2.45) is 0 Å². The summed E-state index contributed by atoms with van der Waals surface area (Å²) in [6.45, 7) is 3.28. The van der Waals surface area contributed by atoms with Gasteiger partial charge in [0, 0.05) is 6.54 Å². The van der Waals surface area contributed by atoms with E-state index in [2.05, 4.69) is 33.6 Å². The average molecular weight is 452 g/mol. The summed E-state index contributed by atoms with van der Waals surface area (Å²) in [5.74, 6) is -0.0486. The van der Waals surface area contributed by atoms with Crippen LogP contribution in [0.3, 0.4) is 0 Å². The van der Waals surface area contributed by atoms with Crippen LogP contribution < -0.4 is 10.9 Å². The summed E-state index contributed by atoms with van der Waals surface area (Å²) in [6.07, 6.45) is 3.46. The SMILES string of the molecule is Cc1cccc(CC(=O)NCCn2ncc3c(=O)n(Cc4cccc5ccccc45)cnc32)c1. The summed E-state index contributed by atoms with van der Waals surface area (Å²) in [5, 5.41) is 9.98. The number of hydrogen-bond acceptors (Lipinski definition) is 4. The molecular weight excluding hydrogens is 426 g/mol. The molecule has 7 nitrogen and oxygen atoms in total. The van der Waals surface area contributed by atoms with Crippen molar-refractivity contribution < 1.29 is 4.79 Å². The Morgan fingerprint density at radius 3 is 2.71 bits per heavy atom. The summed E-state index contributed by atoms with van der Waals surface area (Å²) in [6, 6.07) is 22.1. The second-order valence-corrected chi connectivity index (χ2v) is 8.44. The largest absolute Gasteiger partial charge is 0.354 e. The minimum Gasteiger partial charge on any atom is -0.354 e. The van der Waals surface area contributed by atoms with E-state index in [1.807, 2.05) is 55.5 Å². The molecule has 34 heavy (non-hydrogen) atoms. The van der Waals surface area contributed by atoms with Gasteiger partial charge in [0.25, 0.3) is 5.56 Å². The van der Waals surface area contributed by atoms with Crippen molar-refractivity contribution in [1.82, 2.24) is 24.6 Å². The molecule has 1 amide bonds. The van der Waals surface area contributed by atoms with Crippen molar-refractivity contribution in [3.8, 4) is 0 Å². The molecule has 2 heterocycles. The summed E-state index contributed by atoms with van der Waals surface area (Å²) in [5.41, 5.74) is 3.56. The minimum atomic E-state index is -0.132. The molecule has 5 aromatic rings. The van der Waals surface area contributed by atoms with Crippen LogP contribution in [0.5, 0.6) is 0 Å². The molecular formula is C27H25N5O2. The third-order valence-electron chi connectivity index (χ3n) is 5.94. The molecule has 3 aromatic carbocycles. The number of benzene rings is 3. The van der Waals surface area contributed by atoms with Crippen LogP contribution in [0.2, 0.25) is 0 Å². The van der Waals surface area contributed by atoms with E-state index in [1.54, 1.807) is 21.8 Å². The highest BCUT2D eigenvalue weighted by Gasteiger charge is 2.12. The first-order valence-electron chi connectivity index (χ1n) is 11.3. The van der Waals surface area contributed by atoms with E-state index in [0.29, 0.717) is 37.1 Å². The van der Waals surface area contributed by atoms with Crippen molar-refractivity contribution in [2.75, 3.05) is 6.54 Å². The van der Waals surface area contributed by atoms with Gasteiger partial charge in [-0.2, -0.15) is 5.10 Å². The summed E-state index contributed by atoms with van der Waals surface area (Å²) < 4.78 is 3.27. The lowest BCUT2D eigenvalue weighted by Gasteiger charge is -2.09. The number of amides is 1. The molecule has 0 bridgehead atoms. The molecule has 170 valence electrons. The Bertz CT molecular complexity index is 1540. The first-order chi connectivity index (χ1) is 16.6. The normalized spacial score (nSPS) is 11.2. The summed E-state index contributed by atoms with van der Waals surface area (Å²) in [4.78, 5) is 29.9. The van der Waals surface area contributed by atoms with Crippen LogP contribution in [0, 0.1) is 6.92 Å². The Hall–Kier alpha value is -4.26. The molecule has 0 aliphatic carbocycles. The quantitative estimate of drug-likeness (QED) is 0.411. The van der Waals surface area contributed by atoms with E-state index < -0.39 is 0 Å². The monoisotopic (exact) mass is 451 g/mol. The Balaban J connectivity index is 1.28. The lowest BCUT2D eigenvalue weighted by molar-refractivity contribution is -0.120. The van der Waals surface area contributed by atoms with E-state index >= 15 is 0 Å². The van der Waals surface area contributed by atoms with E-state index in [0.717, 1.165) is 27.5 Å². The van der Waals surface area contributed by atoms with Gasteiger partial charge >= 0.3 is 0 Å². The fraction of sp³-hybridized carbons (Fsp3) is 0.185. The smallest absolute Gasteiger partial charge is 0.264 e. The van der Waals surface area contributed by atoms with E-state index in [-0.39, 0.29) is 11.5 Å². The number of rotatable bonds is 7. The third kappa shape index (κ3) is 4.45. The van der Waals surface area contributed by atoms with Crippen LogP contribution in [0.15, 0.2) is 84.0 Å². The second kappa shape index (κ2) is 9.31. The van der Waals surface area contributed by atoms with Gasteiger partial charge in [0.05, 0.1) is 25.7 Å². The van der Waals surface area contributed by atoms with Crippen molar-refractivity contribution in [3.05, 3.63) is 106 Å². The lowest BCUT2D eigenvalue weighted by Crippen LogP contribution is -2.29. The number of hydrogen-bond donors (Lipinski definition) is 1. The fourth-order valence-corrected chi connectivity index (χ4v) is 4.26. The number of nitrogens with zero attached hydrogens (tertiary/aromatic N) is 4. The zero-order valence-corrected chi connectivity index (χ0v) is 18.9. The van der Waals surface area contributed by atoms with Gasteiger partial charge in [-0.15, -0.1) is 0 Å². The van der Waals surface area contributed by atoms with Crippen LogP contribution >= 0.6 is 0 Å². The van der Waals surface area contributed by atoms with Crippen molar-refractivity contribution in [2.45, 2.75) is 26.4 Å². The molecule has 0 radical (unpaired) electrons. The maximum atomic E-state index is 13.1. The van der Waals surface area contributed by atoms with Gasteiger partial charge in [0.2, 0.25) is 5.91 Å². The van der Waals surface area contributed by atoms with E-state index in [1.165, 1.54) is 0 Å². The van der Waals surface area contributed by atoms with Crippen LogP contribution in [-0.2, 0) is 24.3 Å². The molecule has 0 atom stereocenters. The molecule has 0 spiro atoms. The number of carbonyl (C=O) groups is 1. The minimum absolute atomic E-state index is 0.0486. The van der Waals surface area contributed by atoms with E-state index in [4.69, 9.17) is 0 Å². The Morgan fingerprint density at radius 2 is 1.82 bits per heavy atom. The summed E-state index contributed by atoms with van der Waals surface area (Å²) >= 11 is 0. The molecule has 0 unspecified atom stereocenters. The maximum absolute atomic E-state index is 13.1. The zero-order valence-electron chi connectivity index (χ0n) is 18.9. The Kier molecular flexibility index (Phi) is 5.91. The van der Waals surface area contributed by atoms with Gasteiger partial charge < -0.3 is 5.32 Å². The number of aromatic nitrogens is 4. The second-order valence-electron chi connectivity index (χ2n) is 8.44. The zero-order chi connectivity index (χ0) is 23.5. The predicted octanol–water partition coefficient (Wildman–Crippen LogP) is 3.46. The highest BCUT2D eigenvalue weighted by atomic mass is 16.1. The van der Waals surface area contributed by atoms with Gasteiger partial charge in [0.15, 0.2) is 5.65 Å². The highest BCUT2D eigenvalue weighted by Crippen LogP contribution is 2.19. The number of carbonyl (C=O) groups excluding carboxylic acids is 1. The molecule has 0 saturated heterocycles. The van der Waals surface area contributed by atoms with Crippen LogP contribution in [0.25, 0.3) is 21.8 Å². The van der Waals surface area contributed by atoms with Gasteiger partial charge in [-0.1, -0.05) is 72.3 Å². The summed E-state index contributed by atoms with van der Waals surface area (Å²) in [7, 11) is 0. The van der Waals surface area contributed by atoms with E-state index in [9.17, 15) is 9.59 Å². The first kappa shape index (κ1) is 21.6. The number of aryl methyl sites for hydroxylation is 1. The molecule has 0 fully saturated rings. The predicted molar refractivity (Wildman–Crippen MR) is 133 cm³/mol. The van der Waals surface area contributed by atoms with Crippen molar-refractivity contribution in [1.29, 1.82) is 0 Å². The topological polar surface area (TPSA) is 81.8 Å². The number of fused-ring (bicyclic) bond motifs is 2. The Morgan fingerprint density at radius 1 is 1.00 bits per heavy atom. The van der Waals surface area contributed by atoms with Crippen LogP contribution in [0.1, 0.15) is 16.7 Å². The number of nitrogens with one attached hydrogen (secondary N) is 1. The maximum Gasteiger partial charge on any atom is 0.264 e. The van der Waals surface area contributed by atoms with Crippen LogP contribution in [0.4, 0.5) is 0 Å². The van der Waals surface area contributed by atoms with Gasteiger partial charge in [-0.05, 0) is 28.8 Å². The molecule has 0 saturated carbocycles. The fourth-order valence-electron chi connectivity index (χ4n) is 4.26. The molecule has 2 aromatic heterocycles. The molecule has 0 aliphatic heterocycles. The highest BCUT2D eigenvalue weighted by molar-refractivity contribution is 5.85. The average Bonchev–Trinajstić information content (AvgIpc) is 3.25. The van der Waals surface area contributed by atoms with Crippen LogP contribution in [-0.4, -0.2) is 31.8 Å². The first-order valence-corrected chi connectivity index (χ1v) is 11.3. The van der Waals surface area contributed by atoms with Gasteiger partial charge in [-0.3, -0.25) is 14.2 Å². The molecule has 5 rings (SSSR count). The molecule has 7 heteroatoms.